The molecular formula is C17H24N4O2. The van der Waals surface area contributed by atoms with Crippen LogP contribution >= 0.6 is 0 Å². The first-order valence-corrected chi connectivity index (χ1v) is 8.21. The normalized spacial score (nSPS) is 18.4. The molecule has 1 saturated heterocycles. The van der Waals surface area contributed by atoms with Gasteiger partial charge in [0, 0.05) is 31.7 Å². The number of amides is 1. The molecule has 23 heavy (non-hydrogen) atoms. The van der Waals surface area contributed by atoms with Crippen molar-refractivity contribution in [2.45, 2.75) is 33.4 Å². The highest BCUT2D eigenvalue weighted by Crippen LogP contribution is 2.18. The van der Waals surface area contributed by atoms with Crippen molar-refractivity contribution >= 4 is 5.91 Å². The summed E-state index contributed by atoms with van der Waals surface area (Å²) >= 11 is 0. The molecule has 0 saturated carbocycles. The summed E-state index contributed by atoms with van der Waals surface area (Å²) in [6.45, 7) is 8.33. The minimum absolute atomic E-state index is 0.0271. The first-order valence-electron chi connectivity index (χ1n) is 8.21. The number of carbonyl (C=O) groups excluding carboxylic acids is 1. The van der Waals surface area contributed by atoms with E-state index in [-0.39, 0.29) is 5.91 Å². The van der Waals surface area contributed by atoms with Gasteiger partial charge in [-0.25, -0.2) is 0 Å². The third-order valence-electron chi connectivity index (χ3n) is 4.34. The number of nitrogens with zero attached hydrogens (tertiary/aromatic N) is 3. The van der Waals surface area contributed by atoms with Gasteiger partial charge in [-0.2, -0.15) is 5.10 Å². The first kappa shape index (κ1) is 15.8. The molecule has 1 aliphatic heterocycles. The van der Waals surface area contributed by atoms with Gasteiger partial charge in [-0.15, -0.1) is 0 Å². The van der Waals surface area contributed by atoms with Crippen molar-refractivity contribution in [3.63, 3.8) is 0 Å². The van der Waals surface area contributed by atoms with E-state index in [0.29, 0.717) is 24.7 Å². The van der Waals surface area contributed by atoms with Crippen LogP contribution in [0.3, 0.4) is 0 Å². The molecule has 3 heterocycles. The zero-order valence-corrected chi connectivity index (χ0v) is 13.8. The third kappa shape index (κ3) is 3.82. The van der Waals surface area contributed by atoms with Crippen molar-refractivity contribution < 1.29 is 9.21 Å². The molecule has 1 amide bonds. The van der Waals surface area contributed by atoms with Crippen molar-refractivity contribution in [3.05, 3.63) is 41.6 Å². The molecule has 1 N–H and O–H groups in total. The molecule has 6 heteroatoms. The molecule has 0 radical (unpaired) electrons. The second-order valence-electron chi connectivity index (χ2n) is 6.22. The summed E-state index contributed by atoms with van der Waals surface area (Å²) < 4.78 is 6.87. The van der Waals surface area contributed by atoms with Crippen LogP contribution in [0.1, 0.15) is 35.1 Å². The Kier molecular flexibility index (Phi) is 4.81. The molecule has 0 aliphatic carbocycles. The van der Waals surface area contributed by atoms with Gasteiger partial charge in [0.1, 0.15) is 5.69 Å². The van der Waals surface area contributed by atoms with Crippen LogP contribution in [-0.4, -0.2) is 40.2 Å². The van der Waals surface area contributed by atoms with E-state index in [1.807, 2.05) is 26.0 Å². The van der Waals surface area contributed by atoms with Crippen LogP contribution in [0, 0.1) is 12.8 Å². The highest BCUT2D eigenvalue weighted by atomic mass is 16.3. The largest absolute Gasteiger partial charge is 0.472 e. The maximum atomic E-state index is 12.3. The Balaban J connectivity index is 1.48. The number of rotatable bonds is 6. The van der Waals surface area contributed by atoms with E-state index < -0.39 is 0 Å². The van der Waals surface area contributed by atoms with Crippen molar-refractivity contribution in [2.24, 2.45) is 5.92 Å². The number of nitrogens with one attached hydrogen (secondary N) is 1. The molecule has 0 spiro atoms. The van der Waals surface area contributed by atoms with Gasteiger partial charge in [-0.1, -0.05) is 0 Å². The summed E-state index contributed by atoms with van der Waals surface area (Å²) in [5.74, 6) is 0.477. The highest BCUT2D eigenvalue weighted by molar-refractivity contribution is 5.92. The Hall–Kier alpha value is -2.08. The molecular weight excluding hydrogens is 292 g/mol. The van der Waals surface area contributed by atoms with Crippen LogP contribution in [0.5, 0.6) is 0 Å². The molecule has 0 aromatic carbocycles. The van der Waals surface area contributed by atoms with Crippen molar-refractivity contribution in [3.8, 4) is 0 Å². The van der Waals surface area contributed by atoms with Gasteiger partial charge >= 0.3 is 0 Å². The number of aromatic nitrogens is 2. The fourth-order valence-electron chi connectivity index (χ4n) is 3.16. The summed E-state index contributed by atoms with van der Waals surface area (Å²) in [7, 11) is 0. The molecule has 124 valence electrons. The first-order chi connectivity index (χ1) is 11.2. The number of aryl methyl sites for hydroxylation is 2. The van der Waals surface area contributed by atoms with E-state index >= 15 is 0 Å². The molecule has 3 rings (SSSR count). The Bertz CT molecular complexity index is 648. The zero-order chi connectivity index (χ0) is 16.2. The smallest absolute Gasteiger partial charge is 0.269 e. The molecule has 1 unspecified atom stereocenters. The average molecular weight is 316 g/mol. The minimum atomic E-state index is -0.0271. The number of furan rings is 1. The van der Waals surface area contributed by atoms with Crippen LogP contribution in [0.2, 0.25) is 0 Å². The lowest BCUT2D eigenvalue weighted by atomic mass is 10.1. The van der Waals surface area contributed by atoms with E-state index in [9.17, 15) is 4.79 Å². The fourth-order valence-corrected chi connectivity index (χ4v) is 3.16. The quantitative estimate of drug-likeness (QED) is 0.886. The van der Waals surface area contributed by atoms with Crippen LogP contribution in [0.25, 0.3) is 0 Å². The van der Waals surface area contributed by atoms with E-state index in [1.54, 1.807) is 17.2 Å². The minimum Gasteiger partial charge on any atom is -0.472 e. The van der Waals surface area contributed by atoms with Gasteiger partial charge in [0.05, 0.1) is 18.2 Å². The summed E-state index contributed by atoms with van der Waals surface area (Å²) in [6.07, 6.45) is 4.62. The van der Waals surface area contributed by atoms with Gasteiger partial charge in [0.25, 0.3) is 5.91 Å². The number of hydrogen-bond donors (Lipinski definition) is 1. The topological polar surface area (TPSA) is 63.3 Å². The van der Waals surface area contributed by atoms with Gasteiger partial charge in [0.2, 0.25) is 0 Å². The van der Waals surface area contributed by atoms with Gasteiger partial charge in [-0.3, -0.25) is 14.4 Å². The fraction of sp³-hybridized carbons (Fsp3) is 0.529. The standard InChI is InChI=1S/C17H24N4O2/c1-3-21-16(8-13(2)19-21)17(22)18-9-14-4-6-20(10-14)11-15-5-7-23-12-15/h5,7-8,12,14H,3-4,6,9-11H2,1-2H3,(H,18,22). The molecule has 1 fully saturated rings. The maximum Gasteiger partial charge on any atom is 0.269 e. The molecule has 6 nitrogen and oxygen atoms in total. The van der Waals surface area contributed by atoms with Gasteiger partial charge in [-0.05, 0) is 44.9 Å². The molecule has 0 bridgehead atoms. The van der Waals surface area contributed by atoms with E-state index in [1.165, 1.54) is 5.56 Å². The summed E-state index contributed by atoms with van der Waals surface area (Å²) in [4.78, 5) is 14.7. The van der Waals surface area contributed by atoms with E-state index in [0.717, 1.165) is 31.7 Å². The van der Waals surface area contributed by atoms with Crippen LogP contribution in [0.4, 0.5) is 0 Å². The average Bonchev–Trinajstić information content (AvgIpc) is 3.26. The second kappa shape index (κ2) is 7.00. The van der Waals surface area contributed by atoms with Crippen LogP contribution in [0.15, 0.2) is 29.1 Å². The van der Waals surface area contributed by atoms with Gasteiger partial charge < -0.3 is 9.73 Å². The Labute approximate surface area is 136 Å². The van der Waals surface area contributed by atoms with Crippen LogP contribution in [-0.2, 0) is 13.1 Å². The Morgan fingerprint density at radius 1 is 1.52 bits per heavy atom. The molecule has 1 aliphatic rings. The lowest BCUT2D eigenvalue weighted by Crippen LogP contribution is -2.32. The third-order valence-corrected chi connectivity index (χ3v) is 4.34. The van der Waals surface area contributed by atoms with Crippen LogP contribution < -0.4 is 5.32 Å². The predicted octanol–water partition coefficient (Wildman–Crippen LogP) is 2.06. The molecule has 2 aromatic heterocycles. The predicted molar refractivity (Wildman–Crippen MR) is 87.1 cm³/mol. The van der Waals surface area contributed by atoms with E-state index in [4.69, 9.17) is 4.42 Å². The lowest BCUT2D eigenvalue weighted by molar-refractivity contribution is 0.0936. The van der Waals surface area contributed by atoms with E-state index in [2.05, 4.69) is 15.3 Å². The number of hydrogen-bond acceptors (Lipinski definition) is 4. The monoisotopic (exact) mass is 316 g/mol. The second-order valence-corrected chi connectivity index (χ2v) is 6.22. The lowest BCUT2D eigenvalue weighted by Gasteiger charge is -2.15. The van der Waals surface area contributed by atoms with Crippen molar-refractivity contribution in [2.75, 3.05) is 19.6 Å². The number of carbonyl (C=O) groups is 1. The maximum absolute atomic E-state index is 12.3. The summed E-state index contributed by atoms with van der Waals surface area (Å²) in [6, 6.07) is 3.85. The SMILES string of the molecule is CCn1nc(C)cc1C(=O)NCC1CCN(Cc2ccoc2)C1. The Morgan fingerprint density at radius 3 is 3.13 bits per heavy atom. The highest BCUT2D eigenvalue weighted by Gasteiger charge is 2.23. The van der Waals surface area contributed by atoms with Crippen molar-refractivity contribution in [1.82, 2.24) is 20.0 Å². The van der Waals surface area contributed by atoms with Crippen molar-refractivity contribution in [1.29, 1.82) is 0 Å². The molecule has 1 atom stereocenters. The number of likely N-dealkylation sites (tertiary alicyclic amines) is 1. The summed E-state index contributed by atoms with van der Waals surface area (Å²) in [5, 5.41) is 7.39. The molecule has 2 aromatic rings. The summed E-state index contributed by atoms with van der Waals surface area (Å²) in [5.41, 5.74) is 2.74. The Morgan fingerprint density at radius 2 is 2.39 bits per heavy atom. The zero-order valence-electron chi connectivity index (χ0n) is 13.8. The van der Waals surface area contributed by atoms with Gasteiger partial charge in [0.15, 0.2) is 0 Å².